The molecule has 3 rings (SSSR count). The molecule has 26 heavy (non-hydrogen) atoms. The van der Waals surface area contributed by atoms with E-state index in [1.165, 1.54) is 30.4 Å². The van der Waals surface area contributed by atoms with Crippen LogP contribution in [0.4, 0.5) is 10.5 Å². The van der Waals surface area contributed by atoms with Crippen LogP contribution in [0.25, 0.3) is 0 Å². The molecule has 1 aliphatic heterocycles. The van der Waals surface area contributed by atoms with E-state index in [9.17, 15) is 9.59 Å². The molecule has 1 aliphatic carbocycles. The fourth-order valence-corrected chi connectivity index (χ4v) is 4.17. The Kier molecular flexibility index (Phi) is 5.84. The molecule has 5 nitrogen and oxygen atoms in total. The number of aryl methyl sites for hydroxylation is 2. The zero-order valence-corrected chi connectivity index (χ0v) is 16.3. The number of rotatable bonds is 4. The van der Waals surface area contributed by atoms with Gasteiger partial charge < -0.3 is 15.1 Å². The van der Waals surface area contributed by atoms with E-state index in [1.54, 1.807) is 4.90 Å². The number of urea groups is 1. The first-order valence-corrected chi connectivity index (χ1v) is 9.94. The lowest BCUT2D eigenvalue weighted by Gasteiger charge is -2.34. The van der Waals surface area contributed by atoms with Gasteiger partial charge in [0.15, 0.2) is 0 Å². The highest BCUT2D eigenvalue weighted by Crippen LogP contribution is 2.25. The van der Waals surface area contributed by atoms with E-state index >= 15 is 0 Å². The zero-order valence-electron chi connectivity index (χ0n) is 16.3. The third-order valence-corrected chi connectivity index (χ3v) is 5.87. The van der Waals surface area contributed by atoms with E-state index < -0.39 is 0 Å². The highest BCUT2D eigenvalue weighted by Gasteiger charge is 2.33. The Balaban J connectivity index is 1.62. The standard InChI is InChI=1S/C21H31N3O2/c1-4-23(18-8-6-5-7-9-18)21(26)22-17-13-20(25)24(14-17)19-11-10-15(2)16(3)12-19/h10-12,17-18H,4-9,13-14H2,1-3H3,(H,22,26)/t17-/m0/s1. The minimum absolute atomic E-state index is 0.0147. The molecule has 0 radical (unpaired) electrons. The largest absolute Gasteiger partial charge is 0.333 e. The SMILES string of the molecule is CCN(C(=O)N[C@H]1CC(=O)N(c2ccc(C)c(C)c2)C1)C1CCCCC1. The van der Waals surface area contributed by atoms with Crippen molar-refractivity contribution in [2.75, 3.05) is 18.0 Å². The molecule has 1 saturated heterocycles. The van der Waals surface area contributed by atoms with Gasteiger partial charge in [0.2, 0.25) is 5.91 Å². The molecule has 142 valence electrons. The van der Waals surface area contributed by atoms with Gasteiger partial charge in [0, 0.05) is 31.2 Å². The zero-order chi connectivity index (χ0) is 18.7. The highest BCUT2D eigenvalue weighted by atomic mass is 16.2. The smallest absolute Gasteiger partial charge is 0.317 e. The minimum atomic E-state index is -0.116. The summed E-state index contributed by atoms with van der Waals surface area (Å²) in [5.41, 5.74) is 3.32. The number of carbonyl (C=O) groups is 2. The lowest BCUT2D eigenvalue weighted by atomic mass is 9.94. The molecule has 0 aromatic heterocycles. The first kappa shape index (κ1) is 18.7. The number of hydrogen-bond donors (Lipinski definition) is 1. The Hall–Kier alpha value is -2.04. The molecule has 5 heteroatoms. The van der Waals surface area contributed by atoms with Gasteiger partial charge in [0.05, 0.1) is 6.04 Å². The molecule has 0 unspecified atom stereocenters. The summed E-state index contributed by atoms with van der Waals surface area (Å²) in [6.07, 6.45) is 6.26. The van der Waals surface area contributed by atoms with Gasteiger partial charge in [-0.15, -0.1) is 0 Å². The van der Waals surface area contributed by atoms with Crippen LogP contribution in [0.15, 0.2) is 18.2 Å². The molecule has 0 spiro atoms. The van der Waals surface area contributed by atoms with E-state index in [0.717, 1.165) is 25.1 Å². The van der Waals surface area contributed by atoms with E-state index in [1.807, 2.05) is 24.0 Å². The van der Waals surface area contributed by atoms with Crippen LogP contribution in [0, 0.1) is 13.8 Å². The van der Waals surface area contributed by atoms with Gasteiger partial charge >= 0.3 is 6.03 Å². The van der Waals surface area contributed by atoms with Crippen molar-refractivity contribution in [2.24, 2.45) is 0 Å². The van der Waals surface area contributed by atoms with Crippen molar-refractivity contribution in [1.29, 1.82) is 0 Å². The van der Waals surface area contributed by atoms with Crippen LogP contribution >= 0.6 is 0 Å². The molecule has 1 atom stereocenters. The fourth-order valence-electron chi connectivity index (χ4n) is 4.17. The molecule has 1 heterocycles. The van der Waals surface area contributed by atoms with Crippen molar-refractivity contribution >= 4 is 17.6 Å². The summed E-state index contributed by atoms with van der Waals surface area (Å²) in [4.78, 5) is 29.0. The first-order valence-electron chi connectivity index (χ1n) is 9.94. The predicted molar refractivity (Wildman–Crippen MR) is 104 cm³/mol. The van der Waals surface area contributed by atoms with Gasteiger partial charge in [-0.1, -0.05) is 25.3 Å². The van der Waals surface area contributed by atoms with Crippen LogP contribution in [-0.4, -0.2) is 42.0 Å². The summed E-state index contributed by atoms with van der Waals surface area (Å²) in [6, 6.07) is 6.31. The lowest BCUT2D eigenvalue weighted by molar-refractivity contribution is -0.117. The summed E-state index contributed by atoms with van der Waals surface area (Å²) < 4.78 is 0. The van der Waals surface area contributed by atoms with Crippen molar-refractivity contribution in [3.63, 3.8) is 0 Å². The van der Waals surface area contributed by atoms with Gasteiger partial charge in [-0.05, 0) is 56.9 Å². The van der Waals surface area contributed by atoms with E-state index in [4.69, 9.17) is 0 Å². The average Bonchev–Trinajstić information content (AvgIpc) is 2.99. The molecule has 1 aromatic rings. The molecule has 3 amide bonds. The third-order valence-electron chi connectivity index (χ3n) is 5.87. The van der Waals surface area contributed by atoms with Gasteiger partial charge in [-0.25, -0.2) is 4.79 Å². The lowest BCUT2D eigenvalue weighted by Crippen LogP contribution is -2.50. The monoisotopic (exact) mass is 357 g/mol. The number of benzene rings is 1. The van der Waals surface area contributed by atoms with Gasteiger partial charge in [-0.2, -0.15) is 0 Å². The number of carbonyl (C=O) groups excluding carboxylic acids is 2. The van der Waals surface area contributed by atoms with Crippen LogP contribution in [0.1, 0.15) is 56.6 Å². The molecule has 2 fully saturated rings. The number of nitrogens with zero attached hydrogens (tertiary/aromatic N) is 2. The highest BCUT2D eigenvalue weighted by molar-refractivity contribution is 5.97. The topological polar surface area (TPSA) is 52.7 Å². The van der Waals surface area contributed by atoms with Crippen molar-refractivity contribution in [3.8, 4) is 0 Å². The quantitative estimate of drug-likeness (QED) is 0.892. The normalized spacial score (nSPS) is 21.1. The second-order valence-electron chi connectivity index (χ2n) is 7.70. The van der Waals surface area contributed by atoms with Crippen molar-refractivity contribution in [3.05, 3.63) is 29.3 Å². The van der Waals surface area contributed by atoms with Crippen molar-refractivity contribution in [1.82, 2.24) is 10.2 Å². The number of amides is 3. The van der Waals surface area contributed by atoms with Crippen molar-refractivity contribution < 1.29 is 9.59 Å². The summed E-state index contributed by atoms with van der Waals surface area (Å²) >= 11 is 0. The Morgan fingerprint density at radius 2 is 1.92 bits per heavy atom. The van der Waals surface area contributed by atoms with Gasteiger partial charge in [-0.3, -0.25) is 4.79 Å². The van der Waals surface area contributed by atoms with Gasteiger partial charge in [0.25, 0.3) is 0 Å². The Morgan fingerprint density at radius 1 is 1.19 bits per heavy atom. The van der Waals surface area contributed by atoms with Crippen LogP contribution in [0.2, 0.25) is 0 Å². The molecule has 0 bridgehead atoms. The number of nitrogens with one attached hydrogen (secondary N) is 1. The van der Waals surface area contributed by atoms with Crippen LogP contribution < -0.4 is 10.2 Å². The molecule has 1 aromatic carbocycles. The number of anilines is 1. The Morgan fingerprint density at radius 3 is 2.58 bits per heavy atom. The summed E-state index contributed by atoms with van der Waals surface area (Å²) in [5, 5.41) is 3.11. The third kappa shape index (κ3) is 4.02. The Labute approximate surface area is 156 Å². The summed E-state index contributed by atoms with van der Waals surface area (Å²) in [7, 11) is 0. The second-order valence-corrected chi connectivity index (χ2v) is 7.70. The molecular weight excluding hydrogens is 326 g/mol. The minimum Gasteiger partial charge on any atom is -0.333 e. The molecular formula is C21H31N3O2. The van der Waals surface area contributed by atoms with Gasteiger partial charge in [0.1, 0.15) is 0 Å². The van der Waals surface area contributed by atoms with Crippen LogP contribution in [0.5, 0.6) is 0 Å². The van der Waals surface area contributed by atoms with Crippen LogP contribution in [0.3, 0.4) is 0 Å². The molecule has 2 aliphatic rings. The van der Waals surface area contributed by atoms with Crippen LogP contribution in [-0.2, 0) is 4.79 Å². The van der Waals surface area contributed by atoms with E-state index in [-0.39, 0.29) is 18.0 Å². The number of hydrogen-bond acceptors (Lipinski definition) is 2. The Bertz CT molecular complexity index is 667. The maximum Gasteiger partial charge on any atom is 0.317 e. The van der Waals surface area contributed by atoms with E-state index in [0.29, 0.717) is 19.0 Å². The first-order chi connectivity index (χ1) is 12.5. The predicted octanol–water partition coefficient (Wildman–Crippen LogP) is 3.77. The van der Waals surface area contributed by atoms with Crippen molar-refractivity contribution in [2.45, 2.75) is 71.4 Å². The second kappa shape index (κ2) is 8.11. The van der Waals surface area contributed by atoms with E-state index in [2.05, 4.69) is 25.2 Å². The maximum absolute atomic E-state index is 12.8. The fraction of sp³-hybridized carbons (Fsp3) is 0.619. The molecule has 1 saturated carbocycles. The molecule has 1 N–H and O–H groups in total. The maximum atomic E-state index is 12.8. The average molecular weight is 357 g/mol. The summed E-state index contributed by atoms with van der Waals surface area (Å²) in [6.45, 7) is 7.43. The summed E-state index contributed by atoms with van der Waals surface area (Å²) in [5.74, 6) is 0.0827.